The van der Waals surface area contributed by atoms with Gasteiger partial charge in [-0.3, -0.25) is 4.98 Å². The first-order valence-corrected chi connectivity index (χ1v) is 17.0. The predicted molar refractivity (Wildman–Crippen MR) is 175 cm³/mol. The third-order valence-electron chi connectivity index (χ3n) is 11.0. The second-order valence-corrected chi connectivity index (χ2v) is 14.4. The quantitative estimate of drug-likeness (QED) is 0.253. The number of hydrogen-bond acceptors (Lipinski definition) is 6. The average molecular weight is 649 g/mol. The summed E-state index contributed by atoms with van der Waals surface area (Å²) in [4.78, 5) is 17.2. The molecule has 0 saturated heterocycles. The molecule has 9 heteroatoms. The van der Waals surface area contributed by atoms with Crippen molar-refractivity contribution in [2.24, 2.45) is 11.8 Å². The molecular weight excluding hydrogens is 607 g/mol. The monoisotopic (exact) mass is 648 g/mol. The average Bonchev–Trinajstić information content (AvgIpc) is 3.32. The molecule has 2 N–H and O–H groups in total. The molecule has 2 aromatic carbocycles. The van der Waals surface area contributed by atoms with Gasteiger partial charge in [0.2, 0.25) is 0 Å². The van der Waals surface area contributed by atoms with Crippen LogP contribution in [0.15, 0.2) is 48.7 Å². The van der Waals surface area contributed by atoms with E-state index in [1.807, 2.05) is 18.2 Å². The fraction of sp³-hybridized carbons (Fsp3) is 0.514. The van der Waals surface area contributed by atoms with E-state index < -0.39 is 17.7 Å². The Labute approximate surface area is 274 Å². The number of halogens is 2. The summed E-state index contributed by atoms with van der Waals surface area (Å²) in [6, 6.07) is 13.5. The number of anilines is 1. The van der Waals surface area contributed by atoms with Crippen LogP contribution in [-0.4, -0.2) is 41.4 Å². The zero-order valence-corrected chi connectivity index (χ0v) is 27.2. The minimum atomic E-state index is -1.09. The Kier molecular flexibility index (Phi) is 8.28. The van der Waals surface area contributed by atoms with E-state index in [2.05, 4.69) is 36.3 Å². The van der Waals surface area contributed by atoms with Crippen molar-refractivity contribution in [2.75, 3.05) is 25.1 Å². The van der Waals surface area contributed by atoms with Crippen LogP contribution < -0.4 is 19.5 Å². The zero-order valence-electron chi connectivity index (χ0n) is 26.5. The highest BCUT2D eigenvalue weighted by molar-refractivity contribution is 6.30. The van der Waals surface area contributed by atoms with Crippen molar-refractivity contribution in [3.8, 4) is 17.2 Å². The molecular formula is C37H42ClFN2O5. The van der Waals surface area contributed by atoms with Crippen molar-refractivity contribution in [1.29, 1.82) is 0 Å². The van der Waals surface area contributed by atoms with Gasteiger partial charge in [-0.2, -0.15) is 0 Å². The molecule has 1 spiro atoms. The van der Waals surface area contributed by atoms with Gasteiger partial charge < -0.3 is 24.6 Å². The van der Waals surface area contributed by atoms with E-state index >= 15 is 0 Å². The summed E-state index contributed by atoms with van der Waals surface area (Å²) < 4.78 is 33.1. The fourth-order valence-corrected chi connectivity index (χ4v) is 8.78. The van der Waals surface area contributed by atoms with Crippen LogP contribution in [0.3, 0.4) is 0 Å². The van der Waals surface area contributed by atoms with Crippen LogP contribution in [0, 0.1) is 11.8 Å². The first-order chi connectivity index (χ1) is 22.2. The molecule has 4 aliphatic rings. The van der Waals surface area contributed by atoms with E-state index in [1.54, 1.807) is 18.3 Å². The number of rotatable bonds is 8. The van der Waals surface area contributed by atoms with E-state index in [4.69, 9.17) is 25.8 Å². The predicted octanol–water partition coefficient (Wildman–Crippen LogP) is 8.44. The summed E-state index contributed by atoms with van der Waals surface area (Å²) in [7, 11) is 0. The van der Waals surface area contributed by atoms with Crippen LogP contribution >= 0.6 is 11.6 Å². The summed E-state index contributed by atoms with van der Waals surface area (Å²) in [5.41, 5.74) is 3.40. The van der Waals surface area contributed by atoms with Crippen LogP contribution in [0.4, 0.5) is 10.1 Å². The first-order valence-electron chi connectivity index (χ1n) is 16.6. The number of alkyl halides is 1. The second kappa shape index (κ2) is 12.3. The van der Waals surface area contributed by atoms with Crippen LogP contribution in [-0.2, 0) is 16.6 Å². The second-order valence-electron chi connectivity index (χ2n) is 13.9. The number of hydrogen-bond donors (Lipinski definition) is 2. The molecule has 1 saturated carbocycles. The van der Waals surface area contributed by atoms with Crippen LogP contribution in [0.1, 0.15) is 93.3 Å². The lowest BCUT2D eigenvalue weighted by molar-refractivity contribution is -0.144. The maximum absolute atomic E-state index is 14.7. The summed E-state index contributed by atoms with van der Waals surface area (Å²) in [5, 5.41) is 14.5. The van der Waals surface area contributed by atoms with Gasteiger partial charge in [0.1, 0.15) is 30.7 Å². The van der Waals surface area contributed by atoms with Crippen molar-refractivity contribution < 1.29 is 28.5 Å². The van der Waals surface area contributed by atoms with Crippen molar-refractivity contribution in [2.45, 2.75) is 88.3 Å². The number of benzene rings is 2. The van der Waals surface area contributed by atoms with Gasteiger partial charge in [-0.05, 0) is 122 Å². The molecule has 244 valence electrons. The minimum Gasteiger partial charge on any atom is -0.493 e. The summed E-state index contributed by atoms with van der Waals surface area (Å²) in [5.74, 6) is 2.19. The van der Waals surface area contributed by atoms with Gasteiger partial charge in [0.25, 0.3) is 0 Å². The van der Waals surface area contributed by atoms with Crippen molar-refractivity contribution in [3.63, 3.8) is 0 Å². The smallest absolute Gasteiger partial charge is 0.329 e. The lowest BCUT2D eigenvalue weighted by atomic mass is 9.59. The van der Waals surface area contributed by atoms with Crippen molar-refractivity contribution >= 4 is 23.3 Å². The summed E-state index contributed by atoms with van der Waals surface area (Å²) >= 11 is 6.24. The first kappa shape index (κ1) is 31.1. The number of pyridine rings is 1. The number of ether oxygens (including phenoxy) is 3. The Hall–Kier alpha value is -3.52. The van der Waals surface area contributed by atoms with Gasteiger partial charge in [0.15, 0.2) is 11.5 Å². The van der Waals surface area contributed by atoms with E-state index in [9.17, 15) is 14.3 Å². The van der Waals surface area contributed by atoms with E-state index in [0.717, 1.165) is 54.9 Å². The molecule has 2 heterocycles. The Balaban J connectivity index is 1.14. The van der Waals surface area contributed by atoms with Crippen LogP contribution in [0.5, 0.6) is 17.2 Å². The van der Waals surface area contributed by atoms with E-state index in [1.165, 1.54) is 11.1 Å². The number of carboxylic acid groups (broad SMARTS) is 1. The van der Waals surface area contributed by atoms with Gasteiger partial charge >= 0.3 is 5.97 Å². The number of carbonyl (C=O) groups is 1. The highest BCUT2D eigenvalue weighted by Crippen LogP contribution is 2.58. The van der Waals surface area contributed by atoms with Gasteiger partial charge in [-0.15, -0.1) is 0 Å². The van der Waals surface area contributed by atoms with Gasteiger partial charge in [-0.1, -0.05) is 31.5 Å². The Bertz CT molecular complexity index is 1620. The molecule has 4 atom stereocenters. The SMILES string of the molecule is C[C@@H](COc1ccnc2c1[C@H](C)CC[C@H]2F)CC1Cc2cc3c(cc2C12CCC(Nc1cccc(Cl)c1)(C(=O)O)CC2)OCCO3. The lowest BCUT2D eigenvalue weighted by Crippen LogP contribution is -2.53. The van der Waals surface area contributed by atoms with Crippen LogP contribution in [0.25, 0.3) is 0 Å². The largest absolute Gasteiger partial charge is 0.493 e. The zero-order chi connectivity index (χ0) is 32.1. The molecule has 1 fully saturated rings. The Morgan fingerprint density at radius 1 is 1.13 bits per heavy atom. The number of nitrogens with zero attached hydrogens (tertiary/aromatic N) is 1. The van der Waals surface area contributed by atoms with E-state index in [0.29, 0.717) is 61.4 Å². The number of nitrogens with one attached hydrogen (secondary N) is 1. The normalized spacial score (nSPS) is 28.7. The van der Waals surface area contributed by atoms with Gasteiger partial charge in [0, 0.05) is 22.5 Å². The summed E-state index contributed by atoms with van der Waals surface area (Å²) in [6.45, 7) is 5.90. The van der Waals surface area contributed by atoms with Crippen molar-refractivity contribution in [1.82, 2.24) is 4.98 Å². The molecule has 1 aromatic heterocycles. The molecule has 3 aliphatic carbocycles. The van der Waals surface area contributed by atoms with E-state index in [-0.39, 0.29) is 17.3 Å². The standard InChI is InChI=1S/C37H42ClFN2O5/c1-22(21-46-30-8-13-40-34-29(39)7-6-23(2)33(30)34)16-25-17-24-18-31-32(45-15-14-44-31)20-28(24)36(25)9-11-37(12-10-36,35(42)43)41-27-5-3-4-26(38)19-27/h3-5,8,13,18-20,22-23,25,29,41H,6-7,9-12,14-17,21H2,1-2H3,(H,42,43)/t22-,23-,25?,29-,36?,37?/m1/s1. The molecule has 3 aromatic rings. The maximum Gasteiger partial charge on any atom is 0.329 e. The summed E-state index contributed by atoms with van der Waals surface area (Å²) in [6.07, 6.45) is 6.13. The topological polar surface area (TPSA) is 89.9 Å². The Morgan fingerprint density at radius 3 is 2.63 bits per heavy atom. The molecule has 1 unspecified atom stereocenters. The van der Waals surface area contributed by atoms with Crippen molar-refractivity contribution in [3.05, 3.63) is 76.1 Å². The highest BCUT2D eigenvalue weighted by atomic mass is 35.5. The lowest BCUT2D eigenvalue weighted by Gasteiger charge is -2.47. The molecule has 46 heavy (non-hydrogen) atoms. The van der Waals surface area contributed by atoms with Gasteiger partial charge in [-0.25, -0.2) is 9.18 Å². The molecule has 7 rings (SSSR count). The maximum atomic E-state index is 14.7. The molecule has 0 radical (unpaired) electrons. The molecule has 7 nitrogen and oxygen atoms in total. The number of aromatic nitrogens is 1. The number of fused-ring (bicyclic) bond motifs is 4. The highest BCUT2D eigenvalue weighted by Gasteiger charge is 2.54. The molecule has 1 aliphatic heterocycles. The fourth-order valence-electron chi connectivity index (χ4n) is 8.59. The Morgan fingerprint density at radius 2 is 1.89 bits per heavy atom. The third kappa shape index (κ3) is 5.56. The van der Waals surface area contributed by atoms with Gasteiger partial charge in [0.05, 0.1) is 12.3 Å². The molecule has 0 bridgehead atoms. The number of carboxylic acids is 1. The minimum absolute atomic E-state index is 0.194. The number of aliphatic carboxylic acids is 1. The van der Waals surface area contributed by atoms with Crippen LogP contribution in [0.2, 0.25) is 5.02 Å². The molecule has 0 amide bonds. The third-order valence-corrected chi connectivity index (χ3v) is 11.2.